The molecule has 2 fully saturated rings. The highest BCUT2D eigenvalue weighted by atomic mass is 32.1. The van der Waals surface area contributed by atoms with Crippen molar-refractivity contribution in [1.82, 2.24) is 0 Å². The number of esters is 2. The van der Waals surface area contributed by atoms with Crippen LogP contribution in [0.1, 0.15) is 20.7 Å². The lowest BCUT2D eigenvalue weighted by molar-refractivity contribution is -0.0972. The third kappa shape index (κ3) is 3.83. The Balaban J connectivity index is 1.45. The summed E-state index contributed by atoms with van der Waals surface area (Å²) >= 11 is 4.89. The molecule has 0 spiro atoms. The number of carbonyl (C=O) groups is 2. The molecule has 0 bridgehead atoms. The molecule has 0 saturated carbocycles. The third-order valence-electron chi connectivity index (χ3n) is 4.35. The Hall–Kier alpha value is -2.97. The maximum atomic E-state index is 12.5. The predicted octanol–water partition coefficient (Wildman–Crippen LogP) is 2.49. The van der Waals surface area contributed by atoms with Crippen molar-refractivity contribution < 1.29 is 33.3 Å². The molecule has 2 aliphatic heterocycles. The van der Waals surface area contributed by atoms with E-state index in [0.717, 1.165) is 0 Å². The molecule has 7 nitrogen and oxygen atoms in total. The molecule has 4 rings (SSSR count). The van der Waals surface area contributed by atoms with E-state index in [1.165, 1.54) is 0 Å². The second-order valence-electron chi connectivity index (χ2n) is 6.19. The molecule has 2 aromatic carbocycles. The number of rotatable bonds is 5. The van der Waals surface area contributed by atoms with E-state index < -0.39 is 36.5 Å². The van der Waals surface area contributed by atoms with Crippen LogP contribution >= 0.6 is 12.2 Å². The van der Waals surface area contributed by atoms with Crippen LogP contribution in [0.2, 0.25) is 0 Å². The number of benzene rings is 2. The van der Waals surface area contributed by atoms with E-state index in [2.05, 4.69) is 0 Å². The van der Waals surface area contributed by atoms with E-state index in [1.54, 1.807) is 60.7 Å². The molecule has 28 heavy (non-hydrogen) atoms. The van der Waals surface area contributed by atoms with E-state index in [4.69, 9.17) is 35.9 Å². The van der Waals surface area contributed by atoms with Crippen molar-refractivity contribution in [2.75, 3.05) is 6.61 Å². The first-order valence-corrected chi connectivity index (χ1v) is 9.03. The van der Waals surface area contributed by atoms with Gasteiger partial charge in [0, 0.05) is 12.2 Å². The van der Waals surface area contributed by atoms with E-state index >= 15 is 0 Å². The van der Waals surface area contributed by atoms with Crippen LogP contribution < -0.4 is 0 Å². The van der Waals surface area contributed by atoms with Gasteiger partial charge in [0.2, 0.25) is 12.4 Å². The molecule has 0 radical (unpaired) electrons. The summed E-state index contributed by atoms with van der Waals surface area (Å²) in [5, 5.41) is -0.0736. The zero-order valence-electron chi connectivity index (χ0n) is 14.6. The molecule has 2 aromatic rings. The summed E-state index contributed by atoms with van der Waals surface area (Å²) in [6.07, 6.45) is -3.14. The van der Waals surface area contributed by atoms with Gasteiger partial charge in [0.25, 0.3) is 0 Å². The van der Waals surface area contributed by atoms with Gasteiger partial charge in [-0.25, -0.2) is 9.59 Å². The smallest absolute Gasteiger partial charge is 0.355 e. The Labute approximate surface area is 166 Å². The number of fused-ring (bicyclic) bond motifs is 1. The molecule has 144 valence electrons. The molecule has 0 N–H and O–H groups in total. The number of hydrogen-bond donors (Lipinski definition) is 0. The van der Waals surface area contributed by atoms with Crippen molar-refractivity contribution in [2.24, 2.45) is 0 Å². The van der Waals surface area contributed by atoms with Crippen molar-refractivity contribution in [2.45, 2.75) is 24.6 Å². The lowest BCUT2D eigenvalue weighted by atomic mass is 10.1. The molecule has 2 aliphatic rings. The van der Waals surface area contributed by atoms with Gasteiger partial charge >= 0.3 is 17.2 Å². The average molecular weight is 400 g/mol. The van der Waals surface area contributed by atoms with Gasteiger partial charge in [-0.1, -0.05) is 36.4 Å². The van der Waals surface area contributed by atoms with Gasteiger partial charge in [-0.3, -0.25) is 0 Å². The van der Waals surface area contributed by atoms with E-state index in [0.29, 0.717) is 11.1 Å². The minimum atomic E-state index is -0.846. The predicted molar refractivity (Wildman–Crippen MR) is 99.6 cm³/mol. The fourth-order valence-electron chi connectivity index (χ4n) is 3.00. The van der Waals surface area contributed by atoms with E-state index in [-0.39, 0.29) is 11.8 Å². The zero-order valence-corrected chi connectivity index (χ0v) is 15.4. The van der Waals surface area contributed by atoms with Crippen molar-refractivity contribution in [1.29, 1.82) is 0 Å². The topological polar surface area (TPSA) is 80.3 Å². The molecular formula is C20H16O7S. The Morgan fingerprint density at radius 1 is 0.893 bits per heavy atom. The highest BCUT2D eigenvalue weighted by Gasteiger charge is 2.55. The fourth-order valence-corrected chi connectivity index (χ4v) is 3.21. The largest absolute Gasteiger partial charge is 0.459 e. The summed E-state index contributed by atoms with van der Waals surface area (Å²) in [7, 11) is 0. The minimum Gasteiger partial charge on any atom is -0.459 e. The van der Waals surface area contributed by atoms with Gasteiger partial charge < -0.3 is 23.7 Å². The first kappa shape index (κ1) is 18.4. The van der Waals surface area contributed by atoms with Gasteiger partial charge in [-0.2, -0.15) is 0 Å². The fraction of sp³-hybridized carbons (Fsp3) is 0.250. The standard InChI is InChI=1S/C20H16O7S/c21-17(12-7-3-1-4-8-12)23-11-14-15(16-19(24-14)27-20(28)26-16)25-18(22)13-9-5-2-6-10-13/h1-10,14-16,19H,11H2/t14-,15+,16-,19-/m1/s1. The van der Waals surface area contributed by atoms with Crippen molar-refractivity contribution in [3.05, 3.63) is 71.8 Å². The van der Waals surface area contributed by atoms with Crippen LogP contribution in [0.25, 0.3) is 0 Å². The summed E-state index contributed by atoms with van der Waals surface area (Å²) in [6, 6.07) is 17.1. The Morgan fingerprint density at radius 3 is 2.14 bits per heavy atom. The van der Waals surface area contributed by atoms with Gasteiger partial charge in [0.1, 0.15) is 12.7 Å². The van der Waals surface area contributed by atoms with Gasteiger partial charge in [-0.15, -0.1) is 0 Å². The second-order valence-corrected chi connectivity index (χ2v) is 6.53. The lowest BCUT2D eigenvalue weighted by Crippen LogP contribution is -2.39. The van der Waals surface area contributed by atoms with Crippen LogP contribution in [0, 0.1) is 0 Å². The molecule has 0 aromatic heterocycles. The molecular weight excluding hydrogens is 384 g/mol. The van der Waals surface area contributed by atoms with Gasteiger partial charge in [-0.05, 0) is 24.3 Å². The van der Waals surface area contributed by atoms with Crippen LogP contribution in [-0.4, -0.2) is 48.4 Å². The SMILES string of the molecule is O=C(OC[C@H]1O[C@@H]2OC(=S)O[C@@H]2[C@H]1OC(=O)c1ccccc1)c1ccccc1. The van der Waals surface area contributed by atoms with Gasteiger partial charge in [0.15, 0.2) is 6.10 Å². The number of carbonyl (C=O) groups excluding carboxylic acids is 2. The summed E-state index contributed by atoms with van der Waals surface area (Å²) < 4.78 is 27.3. The van der Waals surface area contributed by atoms with Crippen molar-refractivity contribution in [3.8, 4) is 0 Å². The van der Waals surface area contributed by atoms with Gasteiger partial charge in [0.05, 0.1) is 11.1 Å². The maximum absolute atomic E-state index is 12.5. The summed E-state index contributed by atoms with van der Waals surface area (Å²) in [5.74, 6) is -1.05. The van der Waals surface area contributed by atoms with E-state index in [9.17, 15) is 9.59 Å². The van der Waals surface area contributed by atoms with Crippen LogP contribution in [0.4, 0.5) is 0 Å². The van der Waals surface area contributed by atoms with Crippen molar-refractivity contribution in [3.63, 3.8) is 0 Å². The van der Waals surface area contributed by atoms with Crippen LogP contribution in [0.15, 0.2) is 60.7 Å². The Kier molecular flexibility index (Phi) is 5.23. The third-order valence-corrected chi connectivity index (χ3v) is 4.55. The molecule has 0 amide bonds. The first-order chi connectivity index (χ1) is 13.6. The summed E-state index contributed by atoms with van der Waals surface area (Å²) in [6.45, 7) is -0.132. The zero-order chi connectivity index (χ0) is 19.5. The normalized spacial score (nSPS) is 25.4. The highest BCUT2D eigenvalue weighted by molar-refractivity contribution is 7.79. The Bertz CT molecular complexity index is 871. The molecule has 0 aliphatic carbocycles. The number of ether oxygens (including phenoxy) is 5. The number of thiocarbonyl (C=S) groups is 1. The van der Waals surface area contributed by atoms with Crippen molar-refractivity contribution >= 4 is 29.4 Å². The Morgan fingerprint density at radius 2 is 1.50 bits per heavy atom. The monoisotopic (exact) mass is 400 g/mol. The maximum Gasteiger partial charge on any atom is 0.355 e. The van der Waals surface area contributed by atoms with Crippen LogP contribution in [-0.2, 0) is 23.7 Å². The first-order valence-electron chi connectivity index (χ1n) is 8.63. The summed E-state index contributed by atoms with van der Waals surface area (Å²) in [5.41, 5.74) is 0.791. The summed E-state index contributed by atoms with van der Waals surface area (Å²) in [4.78, 5) is 24.6. The van der Waals surface area contributed by atoms with Crippen LogP contribution in [0.5, 0.6) is 0 Å². The minimum absolute atomic E-state index is 0.0736. The molecule has 8 heteroatoms. The quantitative estimate of drug-likeness (QED) is 0.560. The lowest BCUT2D eigenvalue weighted by Gasteiger charge is -2.21. The van der Waals surface area contributed by atoms with Crippen LogP contribution in [0.3, 0.4) is 0 Å². The average Bonchev–Trinajstić information content (AvgIpc) is 3.24. The van der Waals surface area contributed by atoms with E-state index in [1.807, 2.05) is 0 Å². The molecule has 4 atom stereocenters. The molecule has 0 unspecified atom stereocenters. The molecule has 2 saturated heterocycles. The number of hydrogen-bond acceptors (Lipinski definition) is 8. The second kappa shape index (κ2) is 7.95. The molecule has 2 heterocycles. The highest BCUT2D eigenvalue weighted by Crippen LogP contribution is 2.33.